The van der Waals surface area contributed by atoms with Crippen LogP contribution in [0, 0.1) is 20.8 Å². The quantitative estimate of drug-likeness (QED) is 0.408. The maximum Gasteiger partial charge on any atom is 0.167 e. The van der Waals surface area contributed by atoms with Crippen molar-refractivity contribution in [2.24, 2.45) is 0 Å². The predicted octanol–water partition coefficient (Wildman–Crippen LogP) is 6.45. The van der Waals surface area contributed by atoms with Gasteiger partial charge in [-0.3, -0.25) is 9.80 Å². The summed E-state index contributed by atoms with van der Waals surface area (Å²) in [7, 11) is 11.1. The van der Waals surface area contributed by atoms with Gasteiger partial charge < -0.3 is 23.7 Å². The number of fused-ring (bicyclic) bond motifs is 7. The molecule has 40 heavy (non-hydrogen) atoms. The Morgan fingerprint density at radius 3 is 1.60 bits per heavy atom. The first kappa shape index (κ1) is 28.9. The Kier molecular flexibility index (Phi) is 7.45. The van der Waals surface area contributed by atoms with Gasteiger partial charge in [-0.15, -0.1) is 0 Å². The second kappa shape index (κ2) is 10.3. The van der Waals surface area contributed by atoms with Crippen LogP contribution < -0.4 is 23.7 Å². The molecule has 0 aromatic heterocycles. The zero-order chi connectivity index (χ0) is 29.4. The zero-order valence-corrected chi connectivity index (χ0v) is 26.7. The molecule has 220 valence electrons. The summed E-state index contributed by atoms with van der Waals surface area (Å²) in [5.74, 6) is 4.70. The van der Waals surface area contributed by atoms with E-state index in [4.69, 9.17) is 23.7 Å². The first-order valence-electron chi connectivity index (χ1n) is 14.6. The van der Waals surface area contributed by atoms with E-state index in [1.54, 1.807) is 35.5 Å². The monoisotopic (exact) mass is 552 g/mol. The number of methoxy groups -OCH3 is 5. The summed E-state index contributed by atoms with van der Waals surface area (Å²) < 4.78 is 30.5. The third kappa shape index (κ3) is 3.49. The van der Waals surface area contributed by atoms with Crippen LogP contribution in [-0.2, 0) is 0 Å². The van der Waals surface area contributed by atoms with E-state index < -0.39 is 0 Å². The highest BCUT2D eigenvalue weighted by atomic mass is 16.5. The molecule has 0 radical (unpaired) electrons. The van der Waals surface area contributed by atoms with Crippen LogP contribution in [-0.4, -0.2) is 70.5 Å². The molecule has 0 saturated carbocycles. The number of hydrogen-bond donors (Lipinski definition) is 0. The molecule has 3 aliphatic heterocycles. The molecule has 7 atom stereocenters. The van der Waals surface area contributed by atoms with Crippen LogP contribution >= 0.6 is 0 Å². The number of nitrogens with zero attached hydrogens (tertiary/aromatic N) is 2. The number of ether oxygens (including phenoxy) is 5. The van der Waals surface area contributed by atoms with E-state index >= 15 is 0 Å². The van der Waals surface area contributed by atoms with E-state index in [2.05, 4.69) is 65.3 Å². The van der Waals surface area contributed by atoms with Crippen molar-refractivity contribution in [1.82, 2.24) is 9.80 Å². The van der Waals surface area contributed by atoms with Crippen molar-refractivity contribution < 1.29 is 23.7 Å². The molecular weight excluding hydrogens is 504 g/mol. The molecule has 3 aliphatic rings. The summed E-state index contributed by atoms with van der Waals surface area (Å²) in [5, 5.41) is 0. The lowest BCUT2D eigenvalue weighted by atomic mass is 9.64. The van der Waals surface area contributed by atoms with Crippen molar-refractivity contribution in [2.75, 3.05) is 42.6 Å². The van der Waals surface area contributed by atoms with Crippen molar-refractivity contribution >= 4 is 0 Å². The largest absolute Gasteiger partial charge is 0.496 e. The summed E-state index contributed by atoms with van der Waals surface area (Å²) in [6.45, 7) is 16.0. The molecule has 1 fully saturated rings. The van der Waals surface area contributed by atoms with Crippen LogP contribution in [0.3, 0.4) is 0 Å². The second-order valence-corrected chi connectivity index (χ2v) is 12.0. The van der Waals surface area contributed by atoms with E-state index in [0.29, 0.717) is 18.0 Å². The minimum absolute atomic E-state index is 0.117. The normalized spacial score (nSPS) is 29.3. The Morgan fingerprint density at radius 1 is 0.575 bits per heavy atom. The Hall–Kier alpha value is -2.64. The molecule has 0 amide bonds. The van der Waals surface area contributed by atoms with Crippen molar-refractivity contribution in [3.63, 3.8) is 0 Å². The maximum absolute atomic E-state index is 6.22. The van der Waals surface area contributed by atoms with Gasteiger partial charge in [0.1, 0.15) is 5.75 Å². The summed E-state index contributed by atoms with van der Waals surface area (Å²) in [5.41, 5.74) is 8.61. The number of likely N-dealkylation sites (N-methyl/N-ethyl adjacent to an activating group) is 1. The van der Waals surface area contributed by atoms with Gasteiger partial charge in [0.25, 0.3) is 0 Å². The van der Waals surface area contributed by atoms with Gasteiger partial charge in [0.05, 0.1) is 41.6 Å². The minimum Gasteiger partial charge on any atom is -0.496 e. The van der Waals surface area contributed by atoms with E-state index in [-0.39, 0.29) is 24.0 Å². The zero-order valence-electron chi connectivity index (χ0n) is 26.7. The number of rotatable bonds is 6. The van der Waals surface area contributed by atoms with Crippen LogP contribution in [0.25, 0.3) is 0 Å². The number of benzene rings is 2. The van der Waals surface area contributed by atoms with Gasteiger partial charge in [0, 0.05) is 52.3 Å². The highest BCUT2D eigenvalue weighted by Crippen LogP contribution is 2.63. The van der Waals surface area contributed by atoms with Gasteiger partial charge in [-0.05, 0) is 63.8 Å². The molecule has 3 heterocycles. The summed E-state index contributed by atoms with van der Waals surface area (Å²) in [6, 6.07) is 1.10. The lowest BCUT2D eigenvalue weighted by Crippen LogP contribution is -2.69. The predicted molar refractivity (Wildman–Crippen MR) is 159 cm³/mol. The first-order valence-corrected chi connectivity index (χ1v) is 14.6. The molecule has 0 spiro atoms. The van der Waals surface area contributed by atoms with Crippen molar-refractivity contribution in [1.29, 1.82) is 0 Å². The van der Waals surface area contributed by atoms with Crippen LogP contribution in [0.4, 0.5) is 0 Å². The lowest BCUT2D eigenvalue weighted by Gasteiger charge is -2.64. The molecule has 2 aromatic rings. The van der Waals surface area contributed by atoms with E-state index in [1.165, 1.54) is 33.4 Å². The van der Waals surface area contributed by atoms with Gasteiger partial charge in [0.2, 0.25) is 0 Å². The molecule has 0 aliphatic carbocycles. The first-order chi connectivity index (χ1) is 19.1. The fraction of sp³-hybridized carbons (Fsp3) is 0.636. The minimum atomic E-state index is 0.117. The third-order valence-corrected chi connectivity index (χ3v) is 10.6. The van der Waals surface area contributed by atoms with E-state index in [1.807, 2.05) is 0 Å². The highest BCUT2D eigenvalue weighted by Gasteiger charge is 2.58. The third-order valence-electron chi connectivity index (χ3n) is 10.6. The molecule has 2 bridgehead atoms. The number of hydrogen-bond acceptors (Lipinski definition) is 7. The van der Waals surface area contributed by atoms with Gasteiger partial charge in [-0.2, -0.15) is 0 Å². The van der Waals surface area contributed by atoms with E-state index in [9.17, 15) is 0 Å². The average Bonchev–Trinajstić information content (AvgIpc) is 2.93. The Labute approximate surface area is 240 Å². The fourth-order valence-corrected chi connectivity index (χ4v) is 9.11. The molecule has 7 nitrogen and oxygen atoms in total. The van der Waals surface area contributed by atoms with Crippen molar-refractivity contribution in [3.05, 3.63) is 38.9 Å². The lowest BCUT2D eigenvalue weighted by molar-refractivity contribution is -0.101. The summed E-state index contributed by atoms with van der Waals surface area (Å²) in [6.07, 6.45) is 0.948. The van der Waals surface area contributed by atoms with Crippen molar-refractivity contribution in [2.45, 2.75) is 96.9 Å². The topological polar surface area (TPSA) is 52.6 Å². The summed E-state index contributed by atoms with van der Waals surface area (Å²) in [4.78, 5) is 5.42. The highest BCUT2D eigenvalue weighted by molar-refractivity contribution is 5.67. The number of piperazine rings is 1. The van der Waals surface area contributed by atoms with Crippen LogP contribution in [0.15, 0.2) is 0 Å². The molecule has 0 N–H and O–H groups in total. The van der Waals surface area contributed by atoms with Gasteiger partial charge >= 0.3 is 0 Å². The second-order valence-electron chi connectivity index (χ2n) is 12.0. The fourth-order valence-electron chi connectivity index (χ4n) is 9.11. The van der Waals surface area contributed by atoms with Crippen LogP contribution in [0.5, 0.6) is 28.7 Å². The average molecular weight is 553 g/mol. The van der Waals surface area contributed by atoms with Gasteiger partial charge in [-0.1, -0.05) is 20.8 Å². The van der Waals surface area contributed by atoms with Gasteiger partial charge in [-0.25, -0.2) is 0 Å². The Morgan fingerprint density at radius 2 is 1.07 bits per heavy atom. The maximum atomic E-state index is 6.22. The molecule has 7 heteroatoms. The standard InChI is InChI=1S/C33H48N2O5/c1-14-21-24-23(29(36-9)19(6)31(38-11)32(24)39-12)18(5)27-28-25-22(15(2)16(3)30(37-10)33(25)40-13)17(4)26(34(28)8)20(7)35(21)27/h17-18,20-21,26-28H,14H2,1-13H3/t17?,18?,20?,21-,26-,27?,28+/m0/s1. The molecule has 5 rings (SSSR count). The van der Waals surface area contributed by atoms with Crippen molar-refractivity contribution in [3.8, 4) is 28.7 Å². The summed E-state index contributed by atoms with van der Waals surface area (Å²) >= 11 is 0. The molecular formula is C33H48N2O5. The SMILES string of the molecule is CC[C@H]1c2c(OC)c(OC)c(C)c(OC)c2C(C)C2[C@H]3c4c(OC)c(OC)c(C)c(C)c4C(C)[C@@H](C(C)N21)N3C. The van der Waals surface area contributed by atoms with Crippen LogP contribution in [0.2, 0.25) is 0 Å². The smallest absolute Gasteiger partial charge is 0.167 e. The van der Waals surface area contributed by atoms with E-state index in [0.717, 1.165) is 40.7 Å². The molecule has 1 saturated heterocycles. The van der Waals surface area contributed by atoms with Crippen LogP contribution in [0.1, 0.15) is 97.0 Å². The molecule has 2 aromatic carbocycles. The Balaban J connectivity index is 1.88. The molecule has 4 unspecified atom stereocenters. The Bertz CT molecular complexity index is 1320. The van der Waals surface area contributed by atoms with Gasteiger partial charge in [0.15, 0.2) is 23.0 Å².